The minimum Gasteiger partial charge on any atom is -0.508 e. The van der Waals surface area contributed by atoms with Gasteiger partial charge in [0.05, 0.1) is 0 Å². The van der Waals surface area contributed by atoms with E-state index in [2.05, 4.69) is 29.6 Å². The molecular weight excluding hydrogens is 258 g/mol. The molecule has 0 aliphatic heterocycles. The van der Waals surface area contributed by atoms with Crippen LogP contribution in [0.4, 0.5) is 0 Å². The Labute approximate surface area is 118 Å². The number of phenols is 1. The molecule has 0 spiro atoms. The average molecular weight is 274 g/mol. The zero-order chi connectivity index (χ0) is 13.2. The second-order valence-corrected chi connectivity index (χ2v) is 5.32. The predicted octanol–water partition coefficient (Wildman–Crippen LogP) is 3.82. The fourth-order valence-corrected chi connectivity index (χ4v) is 2.95. The lowest BCUT2D eigenvalue weighted by atomic mass is 10.1. The van der Waals surface area contributed by atoms with Crippen molar-refractivity contribution in [1.82, 2.24) is 5.32 Å². The molecule has 3 rings (SSSR count). The molecule has 3 heteroatoms. The Hall–Kier alpha value is -1.51. The lowest BCUT2D eigenvalue weighted by Gasteiger charge is -2.15. The summed E-state index contributed by atoms with van der Waals surface area (Å²) < 4.78 is 0. The fraction of sp³-hybridized carbons (Fsp3) is 0.250. The molecule has 1 unspecified atom stereocenters. The van der Waals surface area contributed by atoms with E-state index in [0.29, 0.717) is 17.6 Å². The van der Waals surface area contributed by atoms with Crippen LogP contribution in [-0.4, -0.2) is 5.11 Å². The van der Waals surface area contributed by atoms with Crippen molar-refractivity contribution in [2.24, 2.45) is 0 Å². The van der Waals surface area contributed by atoms with E-state index in [1.165, 1.54) is 11.1 Å². The maximum Gasteiger partial charge on any atom is 0.121 e. The first-order valence-corrected chi connectivity index (χ1v) is 6.91. The highest BCUT2D eigenvalue weighted by molar-refractivity contribution is 6.31. The van der Waals surface area contributed by atoms with E-state index in [9.17, 15) is 5.11 Å². The molecule has 0 bridgehead atoms. The second kappa shape index (κ2) is 5.24. The molecule has 0 amide bonds. The van der Waals surface area contributed by atoms with Gasteiger partial charge in [0.1, 0.15) is 5.75 Å². The highest BCUT2D eigenvalue weighted by Gasteiger charge is 2.21. The number of nitrogens with one attached hydrogen (secondary N) is 1. The van der Waals surface area contributed by atoms with Gasteiger partial charge in [0, 0.05) is 23.2 Å². The summed E-state index contributed by atoms with van der Waals surface area (Å²) in [6.45, 7) is 0.588. The van der Waals surface area contributed by atoms with Gasteiger partial charge >= 0.3 is 0 Å². The molecule has 2 nitrogen and oxygen atoms in total. The molecule has 2 aromatic carbocycles. The Bertz CT molecular complexity index is 577. The van der Waals surface area contributed by atoms with Crippen LogP contribution in [0.5, 0.6) is 5.75 Å². The third-order valence-electron chi connectivity index (χ3n) is 3.75. The van der Waals surface area contributed by atoms with Crippen LogP contribution >= 0.6 is 11.6 Å². The van der Waals surface area contributed by atoms with Crippen LogP contribution in [0.3, 0.4) is 0 Å². The molecule has 0 heterocycles. The number of fused-ring (bicyclic) bond motifs is 1. The Morgan fingerprint density at radius 2 is 2.00 bits per heavy atom. The van der Waals surface area contributed by atoms with Crippen molar-refractivity contribution in [3.05, 3.63) is 64.2 Å². The van der Waals surface area contributed by atoms with Crippen molar-refractivity contribution >= 4 is 11.6 Å². The highest BCUT2D eigenvalue weighted by Crippen LogP contribution is 2.32. The SMILES string of the molecule is Oc1cccc(Cl)c1CNC1CCc2ccccc21. The van der Waals surface area contributed by atoms with Crippen molar-refractivity contribution in [3.63, 3.8) is 0 Å². The molecule has 98 valence electrons. The molecule has 0 saturated heterocycles. The molecule has 0 radical (unpaired) electrons. The van der Waals surface area contributed by atoms with Gasteiger partial charge in [-0.25, -0.2) is 0 Å². The largest absolute Gasteiger partial charge is 0.508 e. The third kappa shape index (κ3) is 2.46. The topological polar surface area (TPSA) is 32.3 Å². The first kappa shape index (κ1) is 12.5. The molecule has 19 heavy (non-hydrogen) atoms. The van der Waals surface area contributed by atoms with E-state index in [4.69, 9.17) is 11.6 Å². The van der Waals surface area contributed by atoms with E-state index < -0.39 is 0 Å². The van der Waals surface area contributed by atoms with Crippen molar-refractivity contribution in [2.75, 3.05) is 0 Å². The van der Waals surface area contributed by atoms with Crippen LogP contribution in [0, 0.1) is 0 Å². The number of aromatic hydroxyl groups is 1. The van der Waals surface area contributed by atoms with E-state index >= 15 is 0 Å². The summed E-state index contributed by atoms with van der Waals surface area (Å²) in [5.41, 5.74) is 3.56. The first-order chi connectivity index (χ1) is 9.25. The van der Waals surface area contributed by atoms with Gasteiger partial charge in [-0.3, -0.25) is 0 Å². The number of hydrogen-bond acceptors (Lipinski definition) is 2. The first-order valence-electron chi connectivity index (χ1n) is 6.53. The smallest absolute Gasteiger partial charge is 0.121 e. The van der Waals surface area contributed by atoms with Crippen molar-refractivity contribution in [3.8, 4) is 5.75 Å². The fourth-order valence-electron chi connectivity index (χ4n) is 2.72. The van der Waals surface area contributed by atoms with Gasteiger partial charge in [-0.2, -0.15) is 0 Å². The van der Waals surface area contributed by atoms with E-state index in [1.54, 1.807) is 18.2 Å². The highest BCUT2D eigenvalue weighted by atomic mass is 35.5. The number of halogens is 1. The zero-order valence-electron chi connectivity index (χ0n) is 10.6. The summed E-state index contributed by atoms with van der Waals surface area (Å²) in [5.74, 6) is 0.256. The second-order valence-electron chi connectivity index (χ2n) is 4.91. The summed E-state index contributed by atoms with van der Waals surface area (Å²) in [4.78, 5) is 0. The van der Waals surface area contributed by atoms with Gasteiger partial charge in [-0.05, 0) is 36.1 Å². The van der Waals surface area contributed by atoms with Crippen LogP contribution in [0.15, 0.2) is 42.5 Å². The number of hydrogen-bond donors (Lipinski definition) is 2. The number of rotatable bonds is 3. The van der Waals surface area contributed by atoms with Crippen LogP contribution in [0.25, 0.3) is 0 Å². The van der Waals surface area contributed by atoms with Crippen LogP contribution in [-0.2, 0) is 13.0 Å². The van der Waals surface area contributed by atoms with Crippen molar-refractivity contribution in [2.45, 2.75) is 25.4 Å². The van der Waals surface area contributed by atoms with Gasteiger partial charge < -0.3 is 10.4 Å². The maximum absolute atomic E-state index is 9.84. The van der Waals surface area contributed by atoms with Gasteiger partial charge in [0.2, 0.25) is 0 Å². The van der Waals surface area contributed by atoms with E-state index in [-0.39, 0.29) is 5.75 Å². The van der Waals surface area contributed by atoms with Gasteiger partial charge in [0.15, 0.2) is 0 Å². The molecular formula is C16H16ClNO. The normalized spacial score (nSPS) is 17.4. The standard InChI is InChI=1S/C16H16ClNO/c17-14-6-3-7-16(19)13(14)10-18-15-9-8-11-4-1-2-5-12(11)15/h1-7,15,18-19H,8-10H2. The van der Waals surface area contributed by atoms with Gasteiger partial charge in [-0.15, -0.1) is 0 Å². The Morgan fingerprint density at radius 1 is 1.16 bits per heavy atom. The van der Waals surface area contributed by atoms with E-state index in [1.807, 2.05) is 0 Å². The molecule has 1 aliphatic rings. The minimum atomic E-state index is 0.256. The summed E-state index contributed by atoms with van der Waals surface area (Å²) in [7, 11) is 0. The van der Waals surface area contributed by atoms with Gasteiger partial charge in [0.25, 0.3) is 0 Å². The number of aryl methyl sites for hydroxylation is 1. The Kier molecular flexibility index (Phi) is 3.45. The predicted molar refractivity (Wildman–Crippen MR) is 77.5 cm³/mol. The molecule has 2 N–H and O–H groups in total. The molecule has 2 aromatic rings. The third-order valence-corrected chi connectivity index (χ3v) is 4.11. The summed E-state index contributed by atoms with van der Waals surface area (Å²) in [5, 5.41) is 13.9. The monoisotopic (exact) mass is 273 g/mol. The van der Waals surface area contributed by atoms with Crippen LogP contribution in [0.1, 0.15) is 29.2 Å². The quantitative estimate of drug-likeness (QED) is 0.891. The lowest BCUT2D eigenvalue weighted by Crippen LogP contribution is -2.18. The van der Waals surface area contributed by atoms with Crippen LogP contribution < -0.4 is 5.32 Å². The van der Waals surface area contributed by atoms with Crippen molar-refractivity contribution < 1.29 is 5.11 Å². The summed E-state index contributed by atoms with van der Waals surface area (Å²) in [6, 6.07) is 14.1. The number of phenolic OH excluding ortho intramolecular Hbond substituents is 1. The summed E-state index contributed by atoms with van der Waals surface area (Å²) in [6.07, 6.45) is 2.22. The molecule has 1 aliphatic carbocycles. The summed E-state index contributed by atoms with van der Waals surface area (Å²) >= 11 is 6.12. The molecule has 0 fully saturated rings. The molecule has 1 atom stereocenters. The minimum absolute atomic E-state index is 0.256. The van der Waals surface area contributed by atoms with E-state index in [0.717, 1.165) is 18.4 Å². The molecule has 0 saturated carbocycles. The molecule has 0 aromatic heterocycles. The zero-order valence-corrected chi connectivity index (χ0v) is 11.3. The average Bonchev–Trinajstić information content (AvgIpc) is 2.82. The van der Waals surface area contributed by atoms with Crippen LogP contribution in [0.2, 0.25) is 5.02 Å². The Balaban J connectivity index is 1.75. The lowest BCUT2D eigenvalue weighted by molar-refractivity contribution is 0.457. The Morgan fingerprint density at radius 3 is 2.84 bits per heavy atom. The maximum atomic E-state index is 9.84. The van der Waals surface area contributed by atoms with Crippen molar-refractivity contribution in [1.29, 1.82) is 0 Å². The number of benzene rings is 2. The van der Waals surface area contributed by atoms with Gasteiger partial charge in [-0.1, -0.05) is 41.9 Å².